The minimum absolute atomic E-state index is 0.0481. The molecule has 36 heavy (non-hydrogen) atoms. The second-order valence-corrected chi connectivity index (χ2v) is 9.51. The van der Waals surface area contributed by atoms with Crippen LogP contribution in [0.1, 0.15) is 126 Å². The van der Waals surface area contributed by atoms with E-state index >= 15 is 0 Å². The van der Waals surface area contributed by atoms with Crippen LogP contribution in [-0.4, -0.2) is 43.8 Å². The molecule has 1 aromatic rings. The molecule has 6 heteroatoms. The number of rotatable bonds is 25. The maximum absolute atomic E-state index is 11.8. The number of unbranched alkanes of at least 4 members (excludes halogenated alkanes) is 13. The van der Waals surface area contributed by atoms with Crippen molar-refractivity contribution in [1.82, 2.24) is 0 Å². The van der Waals surface area contributed by atoms with Crippen molar-refractivity contribution in [1.29, 1.82) is 0 Å². The Balaban J connectivity index is 1.99. The molecule has 0 aliphatic carbocycles. The second-order valence-electron chi connectivity index (χ2n) is 9.51. The second kappa shape index (κ2) is 23.3. The molecule has 0 amide bonds. The molecule has 0 saturated heterocycles. The fourth-order valence-electron chi connectivity index (χ4n) is 4.00. The van der Waals surface area contributed by atoms with Gasteiger partial charge in [-0.05, 0) is 56.7 Å². The van der Waals surface area contributed by atoms with Crippen LogP contribution >= 0.6 is 0 Å². The Hall–Kier alpha value is -2.08. The van der Waals surface area contributed by atoms with Crippen LogP contribution in [0, 0.1) is 0 Å². The smallest absolute Gasteiger partial charge is 0.305 e. The summed E-state index contributed by atoms with van der Waals surface area (Å²) in [5.74, 6) is 1.21. The Bertz CT molecular complexity index is 675. The van der Waals surface area contributed by atoms with E-state index in [1.807, 2.05) is 6.07 Å². The van der Waals surface area contributed by atoms with E-state index in [-0.39, 0.29) is 12.6 Å². The first-order chi connectivity index (χ1) is 17.7. The van der Waals surface area contributed by atoms with Crippen molar-refractivity contribution in [3.05, 3.63) is 23.8 Å². The average molecular weight is 507 g/mol. The highest BCUT2D eigenvalue weighted by Gasteiger charge is 2.06. The lowest BCUT2D eigenvalue weighted by molar-refractivity contribution is -0.143. The van der Waals surface area contributed by atoms with Crippen LogP contribution in [0.2, 0.25) is 0 Å². The van der Waals surface area contributed by atoms with Crippen molar-refractivity contribution in [2.45, 2.75) is 116 Å². The fourth-order valence-corrected chi connectivity index (χ4v) is 4.00. The number of benzene rings is 1. The van der Waals surface area contributed by atoms with Gasteiger partial charge in [0, 0.05) is 13.0 Å². The molecule has 0 unspecified atom stereocenters. The van der Waals surface area contributed by atoms with Crippen LogP contribution in [0.25, 0.3) is 0 Å². The highest BCUT2D eigenvalue weighted by Crippen LogP contribution is 2.23. The third-order valence-electron chi connectivity index (χ3n) is 6.22. The van der Waals surface area contributed by atoms with Crippen LogP contribution in [0.3, 0.4) is 0 Å². The molecule has 206 valence electrons. The summed E-state index contributed by atoms with van der Waals surface area (Å²) >= 11 is 0. The van der Waals surface area contributed by atoms with Crippen molar-refractivity contribution >= 4 is 12.3 Å². The topological polar surface area (TPSA) is 82.1 Å². The van der Waals surface area contributed by atoms with E-state index in [9.17, 15) is 9.59 Å². The lowest BCUT2D eigenvalue weighted by Gasteiger charge is -2.11. The summed E-state index contributed by atoms with van der Waals surface area (Å²) in [6.07, 6.45) is 18.7. The van der Waals surface area contributed by atoms with Crippen molar-refractivity contribution < 1.29 is 28.9 Å². The lowest BCUT2D eigenvalue weighted by atomic mass is 10.1. The van der Waals surface area contributed by atoms with E-state index in [4.69, 9.17) is 19.3 Å². The number of carbonyl (C=O) groups excluding carboxylic acids is 2. The molecule has 0 atom stereocenters. The molecular weight excluding hydrogens is 456 g/mol. The van der Waals surface area contributed by atoms with Crippen LogP contribution < -0.4 is 9.47 Å². The quantitative estimate of drug-likeness (QED) is 0.0843. The molecule has 0 aliphatic heterocycles. The molecule has 0 heterocycles. The van der Waals surface area contributed by atoms with Gasteiger partial charge in [0.25, 0.3) is 0 Å². The summed E-state index contributed by atoms with van der Waals surface area (Å²) in [7, 11) is 0. The zero-order valence-corrected chi connectivity index (χ0v) is 22.6. The van der Waals surface area contributed by atoms with Gasteiger partial charge in [-0.3, -0.25) is 9.59 Å². The maximum Gasteiger partial charge on any atom is 0.305 e. The van der Waals surface area contributed by atoms with Crippen molar-refractivity contribution in [3.63, 3.8) is 0 Å². The van der Waals surface area contributed by atoms with Gasteiger partial charge in [-0.15, -0.1) is 0 Å². The number of hydrogen-bond acceptors (Lipinski definition) is 6. The van der Waals surface area contributed by atoms with Crippen molar-refractivity contribution in [3.8, 4) is 11.5 Å². The number of hydrogen-bond donors (Lipinski definition) is 1. The number of aldehydes is 1. The minimum atomic E-state index is -0.0481. The molecule has 0 aromatic heterocycles. The third-order valence-corrected chi connectivity index (χ3v) is 6.22. The van der Waals surface area contributed by atoms with Crippen LogP contribution in [-0.2, 0) is 9.53 Å². The first-order valence-electron chi connectivity index (χ1n) is 14.3. The number of aliphatic hydroxyl groups is 1. The van der Waals surface area contributed by atoms with Crippen LogP contribution in [0.5, 0.6) is 11.5 Å². The molecule has 0 saturated carbocycles. The zero-order valence-electron chi connectivity index (χ0n) is 22.6. The normalized spacial score (nSPS) is 10.8. The average Bonchev–Trinajstić information content (AvgIpc) is 2.89. The summed E-state index contributed by atoms with van der Waals surface area (Å²) in [4.78, 5) is 23.2. The van der Waals surface area contributed by atoms with E-state index in [1.54, 1.807) is 12.1 Å². The van der Waals surface area contributed by atoms with Gasteiger partial charge in [0.05, 0.1) is 25.4 Å². The van der Waals surface area contributed by atoms with Crippen LogP contribution in [0.15, 0.2) is 18.2 Å². The van der Waals surface area contributed by atoms with Crippen LogP contribution in [0.4, 0.5) is 0 Å². The molecule has 0 radical (unpaired) electrons. The lowest BCUT2D eigenvalue weighted by Crippen LogP contribution is -2.05. The van der Waals surface area contributed by atoms with Gasteiger partial charge in [0.2, 0.25) is 0 Å². The molecule has 0 bridgehead atoms. The van der Waals surface area contributed by atoms with E-state index in [0.29, 0.717) is 43.3 Å². The molecule has 0 aliphatic rings. The molecule has 1 aromatic carbocycles. The SMILES string of the molecule is CCCCCCCCCC(=O)OCCCCCCCCOc1ccc(OCCCCCO)cc1C=O. The highest BCUT2D eigenvalue weighted by atomic mass is 16.5. The molecule has 6 nitrogen and oxygen atoms in total. The molecule has 1 rings (SSSR count). The van der Waals surface area contributed by atoms with Gasteiger partial charge in [-0.1, -0.05) is 71.1 Å². The number of ether oxygens (including phenoxy) is 3. The number of esters is 1. The van der Waals surface area contributed by atoms with Gasteiger partial charge >= 0.3 is 5.97 Å². The highest BCUT2D eigenvalue weighted by molar-refractivity contribution is 5.80. The summed E-state index contributed by atoms with van der Waals surface area (Å²) in [6.45, 7) is 4.12. The van der Waals surface area contributed by atoms with Crippen molar-refractivity contribution in [2.24, 2.45) is 0 Å². The Morgan fingerprint density at radius 3 is 2.00 bits per heavy atom. The predicted octanol–water partition coefficient (Wildman–Crippen LogP) is 7.44. The van der Waals surface area contributed by atoms with Gasteiger partial charge in [-0.2, -0.15) is 0 Å². The van der Waals surface area contributed by atoms with E-state index in [1.165, 1.54) is 32.1 Å². The van der Waals surface area contributed by atoms with Gasteiger partial charge in [0.1, 0.15) is 11.5 Å². The monoisotopic (exact) mass is 506 g/mol. The third kappa shape index (κ3) is 17.4. The fraction of sp³-hybridized carbons (Fsp3) is 0.733. The first-order valence-corrected chi connectivity index (χ1v) is 14.3. The summed E-state index contributed by atoms with van der Waals surface area (Å²) in [6, 6.07) is 5.34. The Kier molecular flexibility index (Phi) is 20.7. The summed E-state index contributed by atoms with van der Waals surface area (Å²) < 4.78 is 16.8. The Morgan fingerprint density at radius 1 is 0.750 bits per heavy atom. The predicted molar refractivity (Wildman–Crippen MR) is 145 cm³/mol. The van der Waals surface area contributed by atoms with Gasteiger partial charge in [0.15, 0.2) is 6.29 Å². The van der Waals surface area contributed by atoms with E-state index in [2.05, 4.69) is 6.92 Å². The Labute approximate surface area is 219 Å². The maximum atomic E-state index is 11.8. The molecule has 0 fully saturated rings. The standard InChI is InChI=1S/C30H50O6/c1-2-3-4-5-6-9-13-18-30(33)36-24-16-11-8-7-10-15-23-35-29-20-19-28(25-27(29)26-32)34-22-17-12-14-21-31/h19-20,25-26,31H,2-18,21-24H2,1H3. The Morgan fingerprint density at radius 2 is 1.33 bits per heavy atom. The van der Waals surface area contributed by atoms with Crippen molar-refractivity contribution in [2.75, 3.05) is 26.4 Å². The largest absolute Gasteiger partial charge is 0.494 e. The number of carbonyl (C=O) groups is 2. The minimum Gasteiger partial charge on any atom is -0.494 e. The van der Waals surface area contributed by atoms with E-state index < -0.39 is 0 Å². The number of aliphatic hydroxyl groups excluding tert-OH is 1. The molecule has 1 N–H and O–H groups in total. The summed E-state index contributed by atoms with van der Waals surface area (Å²) in [5, 5.41) is 8.80. The zero-order chi connectivity index (χ0) is 26.1. The summed E-state index contributed by atoms with van der Waals surface area (Å²) in [5.41, 5.74) is 0.504. The molecular formula is C30H50O6. The van der Waals surface area contributed by atoms with E-state index in [0.717, 1.165) is 76.9 Å². The molecule has 0 spiro atoms. The van der Waals surface area contributed by atoms with Gasteiger partial charge < -0.3 is 19.3 Å². The first kappa shape index (κ1) is 31.9. The van der Waals surface area contributed by atoms with Gasteiger partial charge in [-0.25, -0.2) is 0 Å².